The molecule has 18 heavy (non-hydrogen) atoms. The number of halogens is 1. The Morgan fingerprint density at radius 2 is 2.17 bits per heavy atom. The second-order valence-electron chi connectivity index (χ2n) is 4.15. The van der Waals surface area contributed by atoms with Gasteiger partial charge in [-0.25, -0.2) is 0 Å². The molecule has 6 heteroatoms. The van der Waals surface area contributed by atoms with Crippen LogP contribution in [0.5, 0.6) is 5.75 Å². The van der Waals surface area contributed by atoms with Gasteiger partial charge in [0, 0.05) is 10.5 Å². The Balaban J connectivity index is 3.09. The highest BCUT2D eigenvalue weighted by molar-refractivity contribution is 9.10. The number of amides is 1. The molecule has 0 spiro atoms. The molecule has 0 aliphatic carbocycles. The lowest BCUT2D eigenvalue weighted by Crippen LogP contribution is -2.42. The molecule has 1 amide bonds. The largest absolute Gasteiger partial charge is 0.507 e. The van der Waals surface area contributed by atoms with E-state index in [0.717, 1.165) is 4.47 Å². The van der Waals surface area contributed by atoms with Crippen molar-refractivity contribution in [2.75, 3.05) is 6.54 Å². The maximum atomic E-state index is 12.3. The Kier molecular flexibility index (Phi) is 5.10. The Morgan fingerprint density at radius 3 is 2.67 bits per heavy atom. The summed E-state index contributed by atoms with van der Waals surface area (Å²) >= 11 is 8.10. The summed E-state index contributed by atoms with van der Waals surface area (Å²) in [6.45, 7) is 3.92. The van der Waals surface area contributed by atoms with Gasteiger partial charge in [-0.15, -0.1) is 0 Å². The van der Waals surface area contributed by atoms with E-state index in [1.54, 1.807) is 12.1 Å². The molecule has 4 nitrogen and oxygen atoms in total. The summed E-state index contributed by atoms with van der Waals surface area (Å²) in [4.78, 5) is 14.1. The zero-order valence-corrected chi connectivity index (χ0v) is 12.6. The summed E-state index contributed by atoms with van der Waals surface area (Å²) in [6.07, 6.45) is 0. The molecule has 0 saturated heterocycles. The normalized spacial score (nSPS) is 10.4. The van der Waals surface area contributed by atoms with E-state index in [4.69, 9.17) is 18.0 Å². The van der Waals surface area contributed by atoms with Crippen LogP contribution in [0.3, 0.4) is 0 Å². The van der Waals surface area contributed by atoms with Gasteiger partial charge in [-0.2, -0.15) is 0 Å². The predicted molar refractivity (Wildman–Crippen MR) is 78.8 cm³/mol. The third-order valence-corrected chi connectivity index (χ3v) is 3.02. The minimum absolute atomic E-state index is 0.0580. The number of nitrogens with two attached hydrogens (primary N) is 1. The van der Waals surface area contributed by atoms with Crippen LogP contribution in [-0.2, 0) is 0 Å². The quantitative estimate of drug-likeness (QED) is 0.831. The monoisotopic (exact) mass is 330 g/mol. The van der Waals surface area contributed by atoms with E-state index < -0.39 is 0 Å². The SMILES string of the molecule is CC(C)N(CC(N)=S)C(=O)c1cc(Br)ccc1O. The molecule has 0 radical (unpaired) electrons. The first-order chi connectivity index (χ1) is 8.32. The number of phenols is 1. The fraction of sp³-hybridized carbons (Fsp3) is 0.333. The molecule has 1 aromatic rings. The molecule has 1 rings (SSSR count). The Hall–Kier alpha value is -1.14. The molecule has 0 aromatic heterocycles. The van der Waals surface area contributed by atoms with Crippen molar-refractivity contribution in [2.45, 2.75) is 19.9 Å². The minimum Gasteiger partial charge on any atom is -0.507 e. The summed E-state index contributed by atoms with van der Waals surface area (Å²) in [7, 11) is 0. The van der Waals surface area contributed by atoms with Gasteiger partial charge < -0.3 is 15.7 Å². The van der Waals surface area contributed by atoms with Crippen molar-refractivity contribution in [3.05, 3.63) is 28.2 Å². The van der Waals surface area contributed by atoms with Crippen LogP contribution >= 0.6 is 28.1 Å². The van der Waals surface area contributed by atoms with Crippen LogP contribution in [0.25, 0.3) is 0 Å². The first-order valence-corrected chi connectivity index (χ1v) is 6.61. The number of hydrogen-bond donors (Lipinski definition) is 2. The number of nitrogens with zero attached hydrogens (tertiary/aromatic N) is 1. The van der Waals surface area contributed by atoms with Gasteiger partial charge in [0.2, 0.25) is 0 Å². The van der Waals surface area contributed by atoms with Crippen LogP contribution in [-0.4, -0.2) is 33.5 Å². The lowest BCUT2D eigenvalue weighted by Gasteiger charge is -2.26. The van der Waals surface area contributed by atoms with Crippen LogP contribution < -0.4 is 5.73 Å². The lowest BCUT2D eigenvalue weighted by atomic mass is 10.1. The Labute approximate surface area is 120 Å². The van der Waals surface area contributed by atoms with E-state index in [-0.39, 0.29) is 34.8 Å². The van der Waals surface area contributed by atoms with E-state index in [1.807, 2.05) is 13.8 Å². The molecule has 0 fully saturated rings. The maximum absolute atomic E-state index is 12.3. The Bertz CT molecular complexity index is 477. The summed E-state index contributed by atoms with van der Waals surface area (Å²) in [5, 5.41) is 9.74. The van der Waals surface area contributed by atoms with Crippen LogP contribution in [0, 0.1) is 0 Å². The van der Waals surface area contributed by atoms with E-state index in [0.29, 0.717) is 0 Å². The topological polar surface area (TPSA) is 66.6 Å². The van der Waals surface area contributed by atoms with Crippen molar-refractivity contribution >= 4 is 39.0 Å². The summed E-state index contributed by atoms with van der Waals surface area (Å²) < 4.78 is 0.725. The van der Waals surface area contributed by atoms with Gasteiger partial charge in [-0.1, -0.05) is 28.1 Å². The van der Waals surface area contributed by atoms with Gasteiger partial charge in [0.15, 0.2) is 0 Å². The third-order valence-electron chi connectivity index (χ3n) is 2.40. The highest BCUT2D eigenvalue weighted by Crippen LogP contribution is 2.23. The number of phenolic OH excluding ortho intramolecular Hbond substituents is 1. The fourth-order valence-corrected chi connectivity index (χ4v) is 1.99. The molecule has 0 aliphatic heterocycles. The van der Waals surface area contributed by atoms with Gasteiger partial charge in [-0.3, -0.25) is 4.79 Å². The van der Waals surface area contributed by atoms with Crippen molar-refractivity contribution in [1.82, 2.24) is 4.90 Å². The van der Waals surface area contributed by atoms with Crippen molar-refractivity contribution in [1.29, 1.82) is 0 Å². The second-order valence-corrected chi connectivity index (χ2v) is 5.59. The molecule has 98 valence electrons. The van der Waals surface area contributed by atoms with E-state index >= 15 is 0 Å². The fourth-order valence-electron chi connectivity index (χ4n) is 1.49. The van der Waals surface area contributed by atoms with Crippen molar-refractivity contribution in [2.24, 2.45) is 5.73 Å². The first-order valence-electron chi connectivity index (χ1n) is 5.40. The molecule has 0 heterocycles. The van der Waals surface area contributed by atoms with Gasteiger partial charge in [-0.05, 0) is 32.0 Å². The number of carbonyl (C=O) groups is 1. The second kappa shape index (κ2) is 6.15. The molecule has 0 bridgehead atoms. The zero-order chi connectivity index (χ0) is 13.9. The molecular formula is C12H15BrN2O2S. The molecule has 0 saturated carbocycles. The number of hydrogen-bond acceptors (Lipinski definition) is 3. The minimum atomic E-state index is -0.295. The average Bonchev–Trinajstić information content (AvgIpc) is 2.27. The van der Waals surface area contributed by atoms with Gasteiger partial charge >= 0.3 is 0 Å². The zero-order valence-electron chi connectivity index (χ0n) is 10.2. The maximum Gasteiger partial charge on any atom is 0.258 e. The van der Waals surface area contributed by atoms with Crippen LogP contribution in [0.1, 0.15) is 24.2 Å². The van der Waals surface area contributed by atoms with Gasteiger partial charge in [0.1, 0.15) is 5.75 Å². The molecule has 0 unspecified atom stereocenters. The smallest absolute Gasteiger partial charge is 0.258 e. The van der Waals surface area contributed by atoms with E-state index in [1.165, 1.54) is 11.0 Å². The van der Waals surface area contributed by atoms with Crippen molar-refractivity contribution in [3.63, 3.8) is 0 Å². The third kappa shape index (κ3) is 3.68. The van der Waals surface area contributed by atoms with Gasteiger partial charge in [0.05, 0.1) is 17.1 Å². The number of carbonyl (C=O) groups excluding carboxylic acids is 1. The van der Waals surface area contributed by atoms with Crippen LogP contribution in [0.2, 0.25) is 0 Å². The number of rotatable bonds is 4. The number of thiocarbonyl (C=S) groups is 1. The van der Waals surface area contributed by atoms with Gasteiger partial charge in [0.25, 0.3) is 5.91 Å². The summed E-state index contributed by atoms with van der Waals surface area (Å²) in [5.74, 6) is -0.353. The molecule has 0 aliphatic rings. The molecule has 0 atom stereocenters. The standard InChI is InChI=1S/C12H15BrN2O2S/c1-7(2)15(6-11(14)18)12(17)9-5-8(13)3-4-10(9)16/h3-5,7,16H,6H2,1-2H3,(H2,14,18). The number of aromatic hydroxyl groups is 1. The first kappa shape index (κ1) is 14.9. The summed E-state index contributed by atoms with van der Waals surface area (Å²) in [5.41, 5.74) is 5.71. The summed E-state index contributed by atoms with van der Waals surface area (Å²) in [6, 6.07) is 4.65. The molecular weight excluding hydrogens is 316 g/mol. The lowest BCUT2D eigenvalue weighted by molar-refractivity contribution is 0.0733. The highest BCUT2D eigenvalue weighted by atomic mass is 79.9. The Morgan fingerprint density at radius 1 is 1.56 bits per heavy atom. The highest BCUT2D eigenvalue weighted by Gasteiger charge is 2.22. The van der Waals surface area contributed by atoms with E-state index in [2.05, 4.69) is 15.9 Å². The molecule has 3 N–H and O–H groups in total. The average molecular weight is 331 g/mol. The number of benzene rings is 1. The van der Waals surface area contributed by atoms with Crippen LogP contribution in [0.4, 0.5) is 0 Å². The predicted octanol–water partition coefficient (Wildman–Crippen LogP) is 2.29. The van der Waals surface area contributed by atoms with E-state index in [9.17, 15) is 9.90 Å². The van der Waals surface area contributed by atoms with Crippen LogP contribution in [0.15, 0.2) is 22.7 Å². The van der Waals surface area contributed by atoms with Crippen molar-refractivity contribution < 1.29 is 9.90 Å². The molecule has 1 aromatic carbocycles. The van der Waals surface area contributed by atoms with Crippen molar-refractivity contribution in [3.8, 4) is 5.75 Å².